The number of carbonyl (C=O) groups is 2. The van der Waals surface area contributed by atoms with Crippen molar-refractivity contribution in [3.8, 4) is 0 Å². The van der Waals surface area contributed by atoms with Gasteiger partial charge in [-0.05, 0) is 46.5 Å². The summed E-state index contributed by atoms with van der Waals surface area (Å²) >= 11 is 3.37. The highest BCUT2D eigenvalue weighted by Crippen LogP contribution is 2.25. The van der Waals surface area contributed by atoms with Gasteiger partial charge in [0.15, 0.2) is 0 Å². The lowest BCUT2D eigenvalue weighted by Gasteiger charge is -2.35. The molecule has 0 saturated carbocycles. The van der Waals surface area contributed by atoms with Gasteiger partial charge in [-0.15, -0.1) is 0 Å². The zero-order chi connectivity index (χ0) is 20.2. The number of anilines is 1. The average Bonchev–Trinajstić information content (AvgIpc) is 3.15. The summed E-state index contributed by atoms with van der Waals surface area (Å²) in [6.07, 6.45) is 2.92. The first-order chi connectivity index (χ1) is 14.1. The molecule has 2 fully saturated rings. The van der Waals surface area contributed by atoms with E-state index in [1.54, 1.807) is 16.0 Å². The number of hydrogen-bond donors (Lipinski definition) is 0. The van der Waals surface area contributed by atoms with Gasteiger partial charge in [-0.2, -0.15) is 0 Å². The van der Waals surface area contributed by atoms with Gasteiger partial charge in [0.25, 0.3) is 0 Å². The first-order valence-electron chi connectivity index (χ1n) is 9.77. The molecule has 29 heavy (non-hydrogen) atoms. The second-order valence-electron chi connectivity index (χ2n) is 7.22. The molecule has 0 aliphatic carbocycles. The third-order valence-corrected chi connectivity index (χ3v) is 5.87. The molecule has 0 atom stereocenters. The maximum Gasteiger partial charge on any atom is 0.410 e. The number of pyridine rings is 1. The van der Waals surface area contributed by atoms with Crippen molar-refractivity contribution in [1.29, 1.82) is 0 Å². The number of halogens is 1. The highest BCUT2D eigenvalue weighted by atomic mass is 79.9. The summed E-state index contributed by atoms with van der Waals surface area (Å²) in [6, 6.07) is 13.5. The van der Waals surface area contributed by atoms with Crippen LogP contribution in [0.3, 0.4) is 0 Å². The number of carbonyl (C=O) groups excluding carboxylic acids is 2. The summed E-state index contributed by atoms with van der Waals surface area (Å²) in [7, 11) is 0. The number of piperidine rings is 1. The average molecular weight is 459 g/mol. The third kappa shape index (κ3) is 4.53. The quantitative estimate of drug-likeness (QED) is 0.696. The second-order valence-corrected chi connectivity index (χ2v) is 8.14. The Morgan fingerprint density at radius 2 is 1.83 bits per heavy atom. The molecule has 0 bridgehead atoms. The molecule has 7 nitrogen and oxygen atoms in total. The van der Waals surface area contributed by atoms with Crippen molar-refractivity contribution in [1.82, 2.24) is 14.8 Å². The second kappa shape index (κ2) is 8.82. The first-order valence-corrected chi connectivity index (χ1v) is 10.6. The van der Waals surface area contributed by atoms with E-state index >= 15 is 0 Å². The van der Waals surface area contributed by atoms with Crippen molar-refractivity contribution < 1.29 is 14.3 Å². The minimum absolute atomic E-state index is 0.00933. The van der Waals surface area contributed by atoms with Crippen LogP contribution in [0.5, 0.6) is 0 Å². The fourth-order valence-electron chi connectivity index (χ4n) is 3.80. The molecule has 4 rings (SSSR count). The van der Waals surface area contributed by atoms with Gasteiger partial charge >= 0.3 is 12.1 Å². The van der Waals surface area contributed by atoms with Crippen molar-refractivity contribution in [3.05, 3.63) is 58.7 Å². The fraction of sp³-hybridized carbons (Fsp3) is 0.381. The largest absolute Gasteiger partial charge is 0.445 e. The van der Waals surface area contributed by atoms with Gasteiger partial charge in [0.05, 0.1) is 0 Å². The summed E-state index contributed by atoms with van der Waals surface area (Å²) in [5.74, 6) is 0.669. The van der Waals surface area contributed by atoms with E-state index < -0.39 is 0 Å². The highest BCUT2D eigenvalue weighted by Gasteiger charge is 2.37. The maximum absolute atomic E-state index is 12.9. The van der Waals surface area contributed by atoms with E-state index in [0.29, 0.717) is 32.0 Å². The molecule has 1 aromatic heterocycles. The van der Waals surface area contributed by atoms with Gasteiger partial charge in [0, 0.05) is 42.9 Å². The zero-order valence-corrected chi connectivity index (χ0v) is 17.6. The van der Waals surface area contributed by atoms with Gasteiger partial charge in [-0.1, -0.05) is 30.3 Å². The Hall–Kier alpha value is -2.61. The smallest absolute Gasteiger partial charge is 0.410 e. The number of aromatic nitrogens is 1. The van der Waals surface area contributed by atoms with Crippen LogP contribution in [0.1, 0.15) is 18.4 Å². The summed E-state index contributed by atoms with van der Waals surface area (Å²) in [5.41, 5.74) is 0.972. The summed E-state index contributed by atoms with van der Waals surface area (Å²) in [4.78, 5) is 34.9. The minimum atomic E-state index is -0.291. The number of ether oxygens (including phenoxy) is 1. The van der Waals surface area contributed by atoms with Crippen molar-refractivity contribution in [2.45, 2.75) is 25.5 Å². The number of likely N-dealkylation sites (tertiary alicyclic amines) is 1. The van der Waals surface area contributed by atoms with Gasteiger partial charge < -0.3 is 14.5 Å². The van der Waals surface area contributed by atoms with E-state index in [9.17, 15) is 9.59 Å². The molecule has 2 aromatic rings. The summed E-state index contributed by atoms with van der Waals surface area (Å²) < 4.78 is 6.31. The van der Waals surface area contributed by atoms with E-state index in [4.69, 9.17) is 4.74 Å². The molecule has 3 heterocycles. The maximum atomic E-state index is 12.9. The number of amides is 3. The zero-order valence-electron chi connectivity index (χ0n) is 16.0. The van der Waals surface area contributed by atoms with Crippen LogP contribution in [0, 0.1) is 0 Å². The van der Waals surface area contributed by atoms with Crippen LogP contribution in [-0.2, 0) is 11.3 Å². The van der Waals surface area contributed by atoms with Gasteiger partial charge in [-0.25, -0.2) is 14.6 Å². The monoisotopic (exact) mass is 458 g/mol. The molecule has 1 aromatic carbocycles. The van der Waals surface area contributed by atoms with Crippen molar-refractivity contribution >= 4 is 33.9 Å². The van der Waals surface area contributed by atoms with Crippen LogP contribution >= 0.6 is 15.9 Å². The molecule has 3 amide bonds. The van der Waals surface area contributed by atoms with Crippen LogP contribution in [0.15, 0.2) is 53.1 Å². The number of hydrogen-bond acceptors (Lipinski definition) is 4. The molecule has 2 aliphatic rings. The van der Waals surface area contributed by atoms with Crippen LogP contribution in [0.2, 0.25) is 0 Å². The van der Waals surface area contributed by atoms with Crippen LogP contribution in [0.4, 0.5) is 15.4 Å². The Bertz CT molecular complexity index is 854. The van der Waals surface area contributed by atoms with Gasteiger partial charge in [0.1, 0.15) is 12.4 Å². The number of rotatable bonds is 4. The fourth-order valence-corrected chi connectivity index (χ4v) is 4.04. The molecular formula is C21H23BrN4O3. The minimum Gasteiger partial charge on any atom is -0.445 e. The van der Waals surface area contributed by atoms with Crippen molar-refractivity contribution in [2.75, 3.05) is 31.1 Å². The predicted octanol–water partition coefficient (Wildman–Crippen LogP) is 3.89. The molecule has 0 unspecified atom stereocenters. The Morgan fingerprint density at radius 1 is 1.07 bits per heavy atom. The molecular weight excluding hydrogens is 436 g/mol. The van der Waals surface area contributed by atoms with E-state index in [1.165, 1.54) is 0 Å². The molecule has 8 heteroatoms. The van der Waals surface area contributed by atoms with Gasteiger partial charge in [0.2, 0.25) is 0 Å². The Labute approximate surface area is 178 Å². The normalized spacial score (nSPS) is 17.7. The Kier molecular flexibility index (Phi) is 5.99. The van der Waals surface area contributed by atoms with E-state index in [2.05, 4.69) is 20.9 Å². The molecule has 0 N–H and O–H groups in total. The highest BCUT2D eigenvalue weighted by molar-refractivity contribution is 9.10. The SMILES string of the molecule is O=C(OCc1ccccc1)N1CCC(N2CCN(c3ccc(Br)cn3)C2=O)CC1. The first kappa shape index (κ1) is 19.7. The number of nitrogens with zero attached hydrogens (tertiary/aromatic N) is 4. The van der Waals surface area contributed by atoms with Crippen LogP contribution in [-0.4, -0.2) is 59.1 Å². The molecule has 2 aliphatic heterocycles. The summed E-state index contributed by atoms with van der Waals surface area (Å²) in [5, 5.41) is 0. The Balaban J connectivity index is 1.27. The van der Waals surface area contributed by atoms with Crippen LogP contribution in [0.25, 0.3) is 0 Å². The van der Waals surface area contributed by atoms with E-state index in [1.807, 2.05) is 47.4 Å². The standard InChI is InChI=1S/C21H23BrN4O3/c22-17-6-7-19(23-14-17)26-13-12-25(20(26)27)18-8-10-24(11-9-18)21(28)29-15-16-4-2-1-3-5-16/h1-7,14,18H,8-13,15H2. The molecule has 0 spiro atoms. The lowest BCUT2D eigenvalue weighted by atomic mass is 10.0. The van der Waals surface area contributed by atoms with Crippen molar-refractivity contribution in [3.63, 3.8) is 0 Å². The van der Waals surface area contributed by atoms with E-state index in [-0.39, 0.29) is 24.8 Å². The molecule has 2 saturated heterocycles. The van der Waals surface area contributed by atoms with E-state index in [0.717, 1.165) is 22.9 Å². The molecule has 152 valence electrons. The van der Waals surface area contributed by atoms with Gasteiger partial charge in [-0.3, -0.25) is 4.90 Å². The predicted molar refractivity (Wildman–Crippen MR) is 113 cm³/mol. The molecule has 0 radical (unpaired) electrons. The lowest BCUT2D eigenvalue weighted by molar-refractivity contribution is 0.0768. The van der Waals surface area contributed by atoms with Crippen LogP contribution < -0.4 is 4.90 Å². The summed E-state index contributed by atoms with van der Waals surface area (Å²) in [6.45, 7) is 2.78. The topological polar surface area (TPSA) is 66.0 Å². The third-order valence-electron chi connectivity index (χ3n) is 5.40. The van der Waals surface area contributed by atoms with Crippen molar-refractivity contribution in [2.24, 2.45) is 0 Å². The Morgan fingerprint density at radius 3 is 2.52 bits per heavy atom. The number of urea groups is 1. The number of benzene rings is 1. The lowest BCUT2D eigenvalue weighted by Crippen LogP contribution is -2.48.